The Morgan fingerprint density at radius 1 is 1.36 bits per heavy atom. The molecule has 0 aromatic carbocycles. The van der Waals surface area contributed by atoms with Gasteiger partial charge in [-0.3, -0.25) is 9.69 Å². The number of likely N-dealkylation sites (tertiary alicyclic amines) is 1. The maximum absolute atomic E-state index is 11.5. The molecule has 122 valence electrons. The van der Waals surface area contributed by atoms with Crippen LogP contribution in [-0.2, 0) is 17.8 Å². The Morgan fingerprint density at radius 2 is 2.14 bits per heavy atom. The molecule has 5 heteroatoms. The van der Waals surface area contributed by atoms with Crippen LogP contribution in [0.2, 0.25) is 0 Å². The van der Waals surface area contributed by atoms with Gasteiger partial charge in [-0.25, -0.2) is 0 Å². The number of hydrogen-bond donors (Lipinski definition) is 2. The lowest BCUT2D eigenvalue weighted by molar-refractivity contribution is -0.124. The summed E-state index contributed by atoms with van der Waals surface area (Å²) >= 11 is 0. The molecule has 2 atom stereocenters. The van der Waals surface area contributed by atoms with Crippen molar-refractivity contribution in [1.29, 1.82) is 0 Å². The predicted octanol–water partition coefficient (Wildman–Crippen LogP) is 1.55. The summed E-state index contributed by atoms with van der Waals surface area (Å²) in [5.74, 6) is 3.05. The fraction of sp³-hybridized carbons (Fsp3) is 0.706. The summed E-state index contributed by atoms with van der Waals surface area (Å²) in [7, 11) is 0. The zero-order valence-corrected chi connectivity index (χ0v) is 13.3. The first-order valence-corrected chi connectivity index (χ1v) is 8.39. The van der Waals surface area contributed by atoms with Crippen molar-refractivity contribution < 1.29 is 14.3 Å². The highest BCUT2D eigenvalue weighted by Gasteiger charge is 2.43. The Morgan fingerprint density at radius 3 is 2.82 bits per heavy atom. The van der Waals surface area contributed by atoms with Crippen molar-refractivity contribution >= 4 is 5.91 Å². The lowest BCUT2D eigenvalue weighted by Crippen LogP contribution is -2.42. The monoisotopic (exact) mass is 306 g/mol. The second-order valence-electron chi connectivity index (χ2n) is 6.65. The Hall–Kier alpha value is -1.33. The molecular formula is C17H26N2O3. The Labute approximate surface area is 131 Å². The zero-order chi connectivity index (χ0) is 15.5. The summed E-state index contributed by atoms with van der Waals surface area (Å²) < 4.78 is 5.87. The summed E-state index contributed by atoms with van der Waals surface area (Å²) in [5.41, 5.74) is 0. The Balaban J connectivity index is 1.58. The molecule has 2 N–H and O–H groups in total. The average molecular weight is 306 g/mol. The molecule has 0 unspecified atom stereocenters. The molecule has 0 bridgehead atoms. The maximum atomic E-state index is 11.5. The number of rotatable bonds is 7. The Kier molecular flexibility index (Phi) is 4.84. The van der Waals surface area contributed by atoms with Crippen molar-refractivity contribution in [3.8, 4) is 0 Å². The molecule has 3 rings (SSSR count). The third-order valence-electron chi connectivity index (χ3n) is 4.75. The van der Waals surface area contributed by atoms with E-state index < -0.39 is 6.61 Å². The third kappa shape index (κ3) is 3.70. The van der Waals surface area contributed by atoms with Gasteiger partial charge in [0.1, 0.15) is 18.1 Å². The second-order valence-corrected chi connectivity index (χ2v) is 6.65. The molecule has 1 aromatic heterocycles. The summed E-state index contributed by atoms with van der Waals surface area (Å²) in [6.07, 6.45) is 4.62. The van der Waals surface area contributed by atoms with Crippen molar-refractivity contribution in [1.82, 2.24) is 10.2 Å². The number of carbonyl (C=O) groups is 1. The van der Waals surface area contributed by atoms with Gasteiger partial charge < -0.3 is 14.8 Å². The van der Waals surface area contributed by atoms with Gasteiger partial charge in [0.15, 0.2) is 0 Å². The number of aliphatic hydroxyl groups excluding tert-OH is 1. The molecule has 5 nitrogen and oxygen atoms in total. The largest absolute Gasteiger partial charge is 0.465 e. The lowest BCUT2D eigenvalue weighted by Gasteiger charge is -2.18. The first kappa shape index (κ1) is 15.6. The number of nitrogens with one attached hydrogen (secondary N) is 1. The number of amides is 1. The minimum Gasteiger partial charge on any atom is -0.465 e. The van der Waals surface area contributed by atoms with Crippen LogP contribution in [0.15, 0.2) is 16.5 Å². The number of aryl methyl sites for hydroxylation is 1. The van der Waals surface area contributed by atoms with Gasteiger partial charge in [0.05, 0.1) is 6.54 Å². The van der Waals surface area contributed by atoms with E-state index in [1.54, 1.807) is 0 Å². The van der Waals surface area contributed by atoms with E-state index in [2.05, 4.69) is 29.3 Å². The van der Waals surface area contributed by atoms with Crippen molar-refractivity contribution in [3.05, 3.63) is 23.7 Å². The van der Waals surface area contributed by atoms with E-state index in [0.717, 1.165) is 49.9 Å². The third-order valence-corrected chi connectivity index (χ3v) is 4.75. The topological polar surface area (TPSA) is 65.7 Å². The molecule has 1 aliphatic heterocycles. The minimum atomic E-state index is -0.424. The van der Waals surface area contributed by atoms with E-state index in [9.17, 15) is 4.79 Å². The van der Waals surface area contributed by atoms with Crippen LogP contribution in [0.1, 0.15) is 37.7 Å². The molecule has 1 saturated carbocycles. The highest BCUT2D eigenvalue weighted by molar-refractivity contribution is 5.77. The highest BCUT2D eigenvalue weighted by atomic mass is 16.3. The molecule has 1 saturated heterocycles. The molecule has 0 radical (unpaired) electrons. The fourth-order valence-electron chi connectivity index (χ4n) is 3.56. The van der Waals surface area contributed by atoms with Crippen LogP contribution in [0.25, 0.3) is 0 Å². The predicted molar refractivity (Wildman–Crippen MR) is 83.2 cm³/mol. The van der Waals surface area contributed by atoms with Gasteiger partial charge in [0, 0.05) is 25.6 Å². The summed E-state index contributed by atoms with van der Waals surface area (Å²) in [6.45, 7) is 4.38. The summed E-state index contributed by atoms with van der Waals surface area (Å²) in [5, 5.41) is 11.9. The molecule has 2 aliphatic rings. The van der Waals surface area contributed by atoms with Crippen LogP contribution in [-0.4, -0.2) is 41.7 Å². The van der Waals surface area contributed by atoms with E-state index in [1.807, 2.05) is 0 Å². The fourth-order valence-corrected chi connectivity index (χ4v) is 3.56. The van der Waals surface area contributed by atoms with Gasteiger partial charge in [-0.2, -0.15) is 0 Å². The lowest BCUT2D eigenvalue weighted by atomic mass is 9.98. The van der Waals surface area contributed by atoms with Gasteiger partial charge in [0.2, 0.25) is 5.91 Å². The average Bonchev–Trinajstić information content (AvgIpc) is 3.14. The normalized spacial score (nSPS) is 25.5. The highest BCUT2D eigenvalue weighted by Crippen LogP contribution is 2.41. The van der Waals surface area contributed by atoms with Gasteiger partial charge in [-0.05, 0) is 43.2 Å². The molecular weight excluding hydrogens is 280 g/mol. The van der Waals surface area contributed by atoms with E-state index in [0.29, 0.717) is 5.92 Å². The number of nitrogens with zero attached hydrogens (tertiary/aromatic N) is 1. The zero-order valence-electron chi connectivity index (χ0n) is 13.3. The van der Waals surface area contributed by atoms with E-state index >= 15 is 0 Å². The molecule has 22 heavy (non-hydrogen) atoms. The van der Waals surface area contributed by atoms with Crippen LogP contribution in [0.3, 0.4) is 0 Å². The standard InChI is InChI=1S/C17H26N2O3/c1-2-3-13-6-7-14(22-13)8-19-9-15(12-4-5-12)16(10-19)18-17(21)11-20/h6-7,12,15-16,20H,2-5,8-11H2,1H3,(H,18,21)/t15-,16+/m1/s1. The number of aliphatic hydroxyl groups is 1. The number of furan rings is 1. The Bertz CT molecular complexity index is 510. The van der Waals surface area contributed by atoms with Gasteiger partial charge in [-0.15, -0.1) is 0 Å². The SMILES string of the molecule is CCCc1ccc(CN2C[C@H](NC(=O)CO)[C@@H](C3CC3)C2)o1. The smallest absolute Gasteiger partial charge is 0.245 e. The van der Waals surface area contributed by atoms with Gasteiger partial charge >= 0.3 is 0 Å². The molecule has 1 amide bonds. The summed E-state index contributed by atoms with van der Waals surface area (Å²) in [6, 6.07) is 4.30. The maximum Gasteiger partial charge on any atom is 0.245 e. The molecule has 1 aliphatic carbocycles. The van der Waals surface area contributed by atoms with Gasteiger partial charge in [-0.1, -0.05) is 6.92 Å². The van der Waals surface area contributed by atoms with Crippen molar-refractivity contribution in [2.45, 2.75) is 45.2 Å². The molecule has 2 heterocycles. The van der Waals surface area contributed by atoms with Crippen molar-refractivity contribution in [2.75, 3.05) is 19.7 Å². The first-order valence-electron chi connectivity index (χ1n) is 8.39. The van der Waals surface area contributed by atoms with Crippen molar-refractivity contribution in [2.24, 2.45) is 11.8 Å². The minimum absolute atomic E-state index is 0.164. The number of hydrogen-bond acceptors (Lipinski definition) is 4. The van der Waals surface area contributed by atoms with Crippen LogP contribution >= 0.6 is 0 Å². The first-order chi connectivity index (χ1) is 10.7. The molecule has 0 spiro atoms. The van der Waals surface area contributed by atoms with Crippen LogP contribution in [0, 0.1) is 11.8 Å². The number of carbonyl (C=O) groups excluding carboxylic acids is 1. The van der Waals surface area contributed by atoms with E-state index in [-0.39, 0.29) is 11.9 Å². The van der Waals surface area contributed by atoms with E-state index in [4.69, 9.17) is 9.52 Å². The quantitative estimate of drug-likeness (QED) is 0.802. The second kappa shape index (κ2) is 6.84. The molecule has 2 fully saturated rings. The van der Waals surface area contributed by atoms with Crippen molar-refractivity contribution in [3.63, 3.8) is 0 Å². The van der Waals surface area contributed by atoms with E-state index in [1.165, 1.54) is 12.8 Å². The van der Waals surface area contributed by atoms with Gasteiger partial charge in [0.25, 0.3) is 0 Å². The van der Waals surface area contributed by atoms with Crippen LogP contribution in [0.5, 0.6) is 0 Å². The molecule has 1 aromatic rings. The van der Waals surface area contributed by atoms with Crippen LogP contribution in [0.4, 0.5) is 0 Å². The van der Waals surface area contributed by atoms with Crippen LogP contribution < -0.4 is 5.32 Å². The summed E-state index contributed by atoms with van der Waals surface area (Å²) in [4.78, 5) is 13.9.